The molecule has 4 aromatic rings. The van der Waals surface area contributed by atoms with Gasteiger partial charge in [-0.15, -0.1) is 0 Å². The van der Waals surface area contributed by atoms with E-state index in [9.17, 15) is 4.79 Å². The molecule has 37 heavy (non-hydrogen) atoms. The molecular weight excluding hydrogens is 460 g/mol. The van der Waals surface area contributed by atoms with E-state index in [1.807, 2.05) is 91.9 Å². The molecule has 0 saturated carbocycles. The van der Waals surface area contributed by atoms with E-state index in [-0.39, 0.29) is 17.3 Å². The number of rotatable bonds is 6. The maximum absolute atomic E-state index is 13.4. The van der Waals surface area contributed by atoms with E-state index >= 15 is 0 Å². The van der Waals surface area contributed by atoms with Crippen LogP contribution >= 0.6 is 0 Å². The lowest BCUT2D eigenvalue weighted by Crippen LogP contribution is -2.42. The topological polar surface area (TPSA) is 44.8 Å². The Bertz CT molecular complexity index is 1310. The number of ether oxygens (including phenoxy) is 3. The Hall–Kier alpha value is -4.41. The zero-order valence-corrected chi connectivity index (χ0v) is 20.9. The van der Waals surface area contributed by atoms with Crippen molar-refractivity contribution in [2.45, 2.75) is 19.8 Å². The van der Waals surface area contributed by atoms with Crippen LogP contribution in [0.4, 0.5) is 0 Å². The van der Waals surface area contributed by atoms with Crippen molar-refractivity contribution in [3.05, 3.63) is 132 Å². The summed E-state index contributed by atoms with van der Waals surface area (Å²) in [4.78, 5) is 13.4. The van der Waals surface area contributed by atoms with Crippen molar-refractivity contribution in [3.8, 4) is 22.3 Å². The van der Waals surface area contributed by atoms with Crippen molar-refractivity contribution in [2.24, 2.45) is 0 Å². The van der Waals surface area contributed by atoms with Crippen LogP contribution in [0.2, 0.25) is 0 Å². The van der Waals surface area contributed by atoms with Gasteiger partial charge >= 0.3 is 5.97 Å². The Morgan fingerprint density at radius 3 is 1.38 bits per heavy atom. The number of carbonyl (C=O) groups excluding carboxylic acids is 1. The van der Waals surface area contributed by atoms with Crippen molar-refractivity contribution in [2.75, 3.05) is 6.61 Å². The summed E-state index contributed by atoms with van der Waals surface area (Å²) >= 11 is 0. The van der Waals surface area contributed by atoms with Crippen LogP contribution in [-0.2, 0) is 19.0 Å². The minimum Gasteiger partial charge on any atom is -0.426 e. The Kier molecular flexibility index (Phi) is 7.02. The van der Waals surface area contributed by atoms with Gasteiger partial charge < -0.3 is 14.2 Å². The molecule has 0 atom stereocenters. The van der Waals surface area contributed by atoms with Gasteiger partial charge in [-0.3, -0.25) is 4.79 Å². The molecule has 1 aliphatic heterocycles. The van der Waals surface area contributed by atoms with Gasteiger partial charge in [0.15, 0.2) is 11.5 Å². The molecule has 4 nitrogen and oxygen atoms in total. The molecule has 0 radical (unpaired) electrons. The van der Waals surface area contributed by atoms with Crippen molar-refractivity contribution in [1.82, 2.24) is 0 Å². The van der Waals surface area contributed by atoms with Crippen LogP contribution in [0.25, 0.3) is 34.4 Å². The van der Waals surface area contributed by atoms with Crippen LogP contribution in [0, 0.1) is 0 Å². The van der Waals surface area contributed by atoms with Gasteiger partial charge in [0.1, 0.15) is 0 Å². The lowest BCUT2D eigenvalue weighted by Gasteiger charge is -2.35. The fraction of sp³-hybridized carbons (Fsp3) is 0.121. The van der Waals surface area contributed by atoms with Gasteiger partial charge in [-0.1, -0.05) is 109 Å². The van der Waals surface area contributed by atoms with Gasteiger partial charge in [0.2, 0.25) is 0 Å². The molecule has 5 rings (SSSR count). The second kappa shape index (κ2) is 10.7. The Balaban J connectivity index is 1.43. The molecule has 0 N–H and O–H groups in total. The summed E-state index contributed by atoms with van der Waals surface area (Å²) in [5, 5.41) is 0. The highest BCUT2D eigenvalue weighted by Crippen LogP contribution is 2.33. The molecule has 0 bridgehead atoms. The smallest absolute Gasteiger partial charge is 0.368 e. The summed E-state index contributed by atoms with van der Waals surface area (Å²) in [6, 6.07) is 36.3. The van der Waals surface area contributed by atoms with Crippen molar-refractivity contribution < 1.29 is 19.0 Å². The van der Waals surface area contributed by atoms with Crippen LogP contribution in [0.15, 0.2) is 121 Å². The second-order valence-electron chi connectivity index (χ2n) is 8.82. The lowest BCUT2D eigenvalue weighted by molar-refractivity contribution is -0.343. The molecule has 0 spiro atoms. The molecule has 1 fully saturated rings. The molecule has 0 amide bonds. The number of benzene rings is 4. The van der Waals surface area contributed by atoms with Crippen LogP contribution in [0.5, 0.6) is 0 Å². The van der Waals surface area contributed by atoms with Gasteiger partial charge in [0.05, 0.1) is 6.61 Å². The first-order valence-corrected chi connectivity index (χ1v) is 12.3. The Morgan fingerprint density at radius 1 is 0.622 bits per heavy atom. The number of Topliss-reactive ketones (excluding diaryl/α,β-unsaturated/α-hetero) is 1. The van der Waals surface area contributed by atoms with E-state index in [2.05, 4.69) is 24.3 Å². The average Bonchev–Trinajstić information content (AvgIpc) is 2.93. The quantitative estimate of drug-likeness (QED) is 0.261. The predicted molar refractivity (Wildman–Crippen MR) is 147 cm³/mol. The van der Waals surface area contributed by atoms with Gasteiger partial charge in [-0.2, -0.15) is 0 Å². The fourth-order valence-electron chi connectivity index (χ4n) is 4.25. The zero-order valence-electron chi connectivity index (χ0n) is 20.9. The van der Waals surface area contributed by atoms with Crippen LogP contribution in [0.1, 0.15) is 25.0 Å². The monoisotopic (exact) mass is 488 g/mol. The zero-order chi connectivity index (χ0) is 25.7. The van der Waals surface area contributed by atoms with Gasteiger partial charge in [0, 0.05) is 6.92 Å². The van der Waals surface area contributed by atoms with Gasteiger partial charge in [-0.05, 0) is 52.5 Å². The third-order valence-corrected chi connectivity index (χ3v) is 6.08. The molecular formula is C33H28O4. The maximum atomic E-state index is 13.4. The average molecular weight is 489 g/mol. The van der Waals surface area contributed by atoms with Crippen LogP contribution in [-0.4, -0.2) is 18.4 Å². The van der Waals surface area contributed by atoms with E-state index in [4.69, 9.17) is 14.2 Å². The standard InChI is InChI=1S/C33H28O4/c1-3-35-33(2)36-30(22-24-14-18-28(19-15-24)26-10-6-4-7-11-26)32(34)31(37-33)23-25-16-20-29(21-17-25)27-12-8-5-9-13-27/h4-23H,3H2,1-2H3/b30-22-,31-23-. The molecule has 1 saturated heterocycles. The molecule has 0 unspecified atom stereocenters. The summed E-state index contributed by atoms with van der Waals surface area (Å²) in [6.07, 6.45) is 3.45. The minimum absolute atomic E-state index is 0.168. The highest BCUT2D eigenvalue weighted by Gasteiger charge is 2.41. The van der Waals surface area contributed by atoms with E-state index in [1.165, 1.54) is 0 Å². The Labute approximate surface area is 217 Å². The van der Waals surface area contributed by atoms with E-state index in [0.717, 1.165) is 33.4 Å². The summed E-state index contributed by atoms with van der Waals surface area (Å²) in [7, 11) is 0. The van der Waals surface area contributed by atoms with Crippen molar-refractivity contribution >= 4 is 17.9 Å². The normalized spacial score (nSPS) is 19.5. The largest absolute Gasteiger partial charge is 0.426 e. The van der Waals surface area contributed by atoms with E-state index in [1.54, 1.807) is 19.1 Å². The Morgan fingerprint density at radius 2 is 1.00 bits per heavy atom. The van der Waals surface area contributed by atoms with Gasteiger partial charge in [0.25, 0.3) is 5.78 Å². The highest BCUT2D eigenvalue weighted by atomic mass is 16.9. The summed E-state index contributed by atoms with van der Waals surface area (Å²) < 4.78 is 17.6. The number of ketones is 1. The number of carbonyl (C=O) groups is 1. The first-order chi connectivity index (χ1) is 18.0. The van der Waals surface area contributed by atoms with Crippen LogP contribution in [0.3, 0.4) is 0 Å². The molecule has 4 aromatic carbocycles. The number of hydrogen-bond donors (Lipinski definition) is 0. The molecule has 184 valence electrons. The highest BCUT2D eigenvalue weighted by molar-refractivity contribution is 6.11. The second-order valence-corrected chi connectivity index (χ2v) is 8.82. The molecule has 0 aromatic heterocycles. The van der Waals surface area contributed by atoms with Crippen LogP contribution < -0.4 is 0 Å². The third kappa shape index (κ3) is 5.71. The van der Waals surface area contributed by atoms with Crippen molar-refractivity contribution in [3.63, 3.8) is 0 Å². The predicted octanol–water partition coefficient (Wildman–Crippen LogP) is 7.73. The number of hydrogen-bond acceptors (Lipinski definition) is 4. The summed E-state index contributed by atoms with van der Waals surface area (Å²) in [5.41, 5.74) is 6.15. The molecule has 4 heteroatoms. The molecule has 0 aliphatic carbocycles. The summed E-state index contributed by atoms with van der Waals surface area (Å²) in [5.74, 6) is -1.41. The first-order valence-electron chi connectivity index (χ1n) is 12.3. The minimum atomic E-state index is -1.41. The van der Waals surface area contributed by atoms with E-state index < -0.39 is 5.97 Å². The molecule has 1 heterocycles. The maximum Gasteiger partial charge on any atom is 0.368 e. The van der Waals surface area contributed by atoms with Crippen molar-refractivity contribution in [1.29, 1.82) is 0 Å². The first kappa shape index (κ1) is 24.3. The van der Waals surface area contributed by atoms with E-state index in [0.29, 0.717) is 6.61 Å². The lowest BCUT2D eigenvalue weighted by atomic mass is 10.0. The summed E-state index contributed by atoms with van der Waals surface area (Å²) in [6.45, 7) is 3.89. The van der Waals surface area contributed by atoms with Gasteiger partial charge in [-0.25, -0.2) is 0 Å². The molecule has 1 aliphatic rings. The SMILES string of the molecule is CCOC1(C)O/C(=C\c2ccc(-c3ccccc3)cc2)C(=O)/C(=C/c2ccc(-c3ccccc3)cc2)O1. The third-order valence-electron chi connectivity index (χ3n) is 6.08. The fourth-order valence-corrected chi connectivity index (χ4v) is 4.25.